The molecule has 0 bridgehead atoms. The van der Waals surface area contributed by atoms with Gasteiger partial charge in [-0.2, -0.15) is 52.7 Å². The zero-order valence-corrected chi connectivity index (χ0v) is 24.3. The molecule has 0 aromatic heterocycles. The Morgan fingerprint density at radius 1 is 0.434 bits per heavy atom. The van der Waals surface area contributed by atoms with Crippen LogP contribution in [0.15, 0.2) is 16.7 Å². The Labute approximate surface area is 281 Å². The van der Waals surface area contributed by atoms with Gasteiger partial charge in [-0.25, -0.2) is 48.3 Å². The summed E-state index contributed by atoms with van der Waals surface area (Å²) in [7, 11) is 0. The number of hydrogen-bond acceptors (Lipinski definition) is 5. The summed E-state index contributed by atoms with van der Waals surface area (Å²) < 4.78 is 246. The fraction of sp³-hybridized carbons (Fsp3) is 0.129. The molecule has 2 atom stereocenters. The first kappa shape index (κ1) is 39.2. The van der Waals surface area contributed by atoms with Gasteiger partial charge in [-0.1, -0.05) is 0 Å². The summed E-state index contributed by atoms with van der Waals surface area (Å²) in [6.45, 7) is 0. The molecule has 1 aliphatic carbocycles. The molecule has 53 heavy (non-hydrogen) atoms. The average molecular weight is 767 g/mol. The Hall–Kier alpha value is -6.60. The molecule has 0 amide bonds. The van der Waals surface area contributed by atoms with E-state index in [-0.39, 0.29) is 0 Å². The molecule has 3 aromatic carbocycles. The van der Waals surface area contributed by atoms with Gasteiger partial charge in [0, 0.05) is 11.1 Å². The number of rotatable bonds is 5. The molecule has 0 fully saturated rings. The number of nitriles is 5. The molecule has 22 heteroatoms. The van der Waals surface area contributed by atoms with Crippen LogP contribution in [0.4, 0.5) is 74.6 Å². The maximum atomic E-state index is 15.3. The van der Waals surface area contributed by atoms with Crippen LogP contribution >= 0.6 is 0 Å². The predicted octanol–water partition coefficient (Wildman–Crippen LogP) is 9.20. The number of benzene rings is 3. The zero-order chi connectivity index (χ0) is 40.4. The maximum absolute atomic E-state index is 15.3. The van der Waals surface area contributed by atoms with Crippen LogP contribution in [0.1, 0.15) is 50.8 Å². The van der Waals surface area contributed by atoms with Crippen LogP contribution in [0.5, 0.6) is 0 Å². The van der Waals surface area contributed by atoms with Crippen molar-refractivity contribution < 1.29 is 74.6 Å². The SMILES string of the molecule is N#CC(=C1C(C(C#N)c2c(F)c(F)c(C#N)c(F)c2F)=C1C(C#N)c1c(F)c(F)c(C(F)(F)F)c(F)c1C(F)(F)F)c1c(F)c(F)c(C#N)c(F)c1F. The summed E-state index contributed by atoms with van der Waals surface area (Å²) >= 11 is 0. The molecule has 0 radical (unpaired) electrons. The first-order valence-corrected chi connectivity index (χ1v) is 13.1. The molecule has 0 saturated heterocycles. The molecular weight excluding hydrogens is 765 g/mol. The fourth-order valence-corrected chi connectivity index (χ4v) is 5.29. The Morgan fingerprint density at radius 2 is 0.792 bits per heavy atom. The summed E-state index contributed by atoms with van der Waals surface area (Å²) in [5.41, 5.74) is -25.4. The van der Waals surface area contributed by atoms with E-state index in [1.807, 2.05) is 0 Å². The lowest BCUT2D eigenvalue weighted by molar-refractivity contribution is -0.150. The smallest absolute Gasteiger partial charge is 0.206 e. The van der Waals surface area contributed by atoms with E-state index < -0.39 is 149 Å². The highest BCUT2D eigenvalue weighted by Gasteiger charge is 2.54. The van der Waals surface area contributed by atoms with Crippen LogP contribution in [0.2, 0.25) is 0 Å². The summed E-state index contributed by atoms with van der Waals surface area (Å²) in [5.74, 6) is -38.3. The van der Waals surface area contributed by atoms with E-state index in [4.69, 9.17) is 10.5 Å². The molecule has 5 nitrogen and oxygen atoms in total. The summed E-state index contributed by atoms with van der Waals surface area (Å²) in [4.78, 5) is 0. The van der Waals surface area contributed by atoms with Crippen LogP contribution in [-0.2, 0) is 12.4 Å². The molecule has 0 heterocycles. The van der Waals surface area contributed by atoms with Gasteiger partial charge in [0.2, 0.25) is 0 Å². The molecule has 0 N–H and O–H groups in total. The van der Waals surface area contributed by atoms with E-state index in [1.165, 1.54) is 0 Å². The van der Waals surface area contributed by atoms with Crippen LogP contribution in [0.25, 0.3) is 5.57 Å². The van der Waals surface area contributed by atoms with E-state index in [2.05, 4.69) is 0 Å². The Morgan fingerprint density at radius 3 is 1.13 bits per heavy atom. The third-order valence-electron chi connectivity index (χ3n) is 7.50. The van der Waals surface area contributed by atoms with E-state index in [1.54, 1.807) is 0 Å². The number of halogens is 17. The van der Waals surface area contributed by atoms with E-state index in [0.717, 1.165) is 12.1 Å². The topological polar surface area (TPSA) is 119 Å². The van der Waals surface area contributed by atoms with Crippen molar-refractivity contribution in [3.8, 4) is 30.3 Å². The number of allylic oxidation sites excluding steroid dienone is 4. The van der Waals surface area contributed by atoms with Crippen molar-refractivity contribution in [3.05, 3.63) is 120 Å². The second kappa shape index (κ2) is 13.2. The van der Waals surface area contributed by atoms with E-state index in [9.17, 15) is 68.5 Å². The van der Waals surface area contributed by atoms with Crippen molar-refractivity contribution in [2.24, 2.45) is 0 Å². The van der Waals surface area contributed by atoms with Crippen molar-refractivity contribution in [1.82, 2.24) is 0 Å². The Bertz CT molecular complexity index is 2400. The summed E-state index contributed by atoms with van der Waals surface area (Å²) in [6, 6.07) is 3.68. The number of hydrogen-bond donors (Lipinski definition) is 0. The lowest BCUT2D eigenvalue weighted by Crippen LogP contribution is -2.23. The average Bonchev–Trinajstić information content (AvgIpc) is 3.78. The number of alkyl halides is 6. The van der Waals surface area contributed by atoms with Gasteiger partial charge in [0.15, 0.2) is 64.0 Å². The molecule has 3 aromatic rings. The zero-order valence-electron chi connectivity index (χ0n) is 24.3. The summed E-state index contributed by atoms with van der Waals surface area (Å²) in [6.07, 6.45) is -13.0. The molecular formula is C31H2F17N5. The van der Waals surface area contributed by atoms with E-state index >= 15 is 22.0 Å². The van der Waals surface area contributed by atoms with Crippen molar-refractivity contribution in [2.45, 2.75) is 24.2 Å². The lowest BCUT2D eigenvalue weighted by Gasteiger charge is -2.21. The van der Waals surface area contributed by atoms with Gasteiger partial charge < -0.3 is 0 Å². The van der Waals surface area contributed by atoms with Crippen molar-refractivity contribution >= 4 is 5.57 Å². The highest BCUT2D eigenvalue weighted by atomic mass is 19.4. The van der Waals surface area contributed by atoms with Crippen LogP contribution in [0, 0.1) is 121 Å². The predicted molar refractivity (Wildman–Crippen MR) is 135 cm³/mol. The standard InChI is InChI=1S/C31H2F17N5/c32-19-9(4-52)20(33)25(38)15(24(19)37)7(2-50)12-11(13(12)8(3-51)16-26(39)21(34)10(5-53)22(35)27(16)40)6(1-49)14-17(30(43,44)45)28(41)18(31(46,47)48)29(42)23(14)36/h6-7H. The Kier molecular flexibility index (Phi) is 9.75. The highest BCUT2D eigenvalue weighted by molar-refractivity contribution is 5.95. The van der Waals surface area contributed by atoms with Crippen LogP contribution < -0.4 is 0 Å². The summed E-state index contributed by atoms with van der Waals surface area (Å²) in [5, 5.41) is 47.2. The van der Waals surface area contributed by atoms with Gasteiger partial charge in [0.1, 0.15) is 46.7 Å². The molecule has 4 rings (SSSR count). The van der Waals surface area contributed by atoms with Gasteiger partial charge in [0.25, 0.3) is 0 Å². The second-order valence-corrected chi connectivity index (χ2v) is 10.2. The normalized spacial score (nSPS) is 14.8. The van der Waals surface area contributed by atoms with Crippen LogP contribution in [-0.4, -0.2) is 0 Å². The minimum atomic E-state index is -6.54. The third-order valence-corrected chi connectivity index (χ3v) is 7.50. The molecule has 0 aliphatic heterocycles. The number of nitrogens with zero attached hydrogens (tertiary/aromatic N) is 5. The maximum Gasteiger partial charge on any atom is 0.422 e. The molecule has 2 unspecified atom stereocenters. The van der Waals surface area contributed by atoms with Gasteiger partial charge >= 0.3 is 12.4 Å². The largest absolute Gasteiger partial charge is 0.422 e. The molecule has 1 aliphatic rings. The first-order chi connectivity index (χ1) is 24.5. The fourth-order valence-electron chi connectivity index (χ4n) is 5.29. The molecule has 0 saturated carbocycles. The van der Waals surface area contributed by atoms with Crippen molar-refractivity contribution in [3.63, 3.8) is 0 Å². The molecule has 270 valence electrons. The second-order valence-electron chi connectivity index (χ2n) is 10.2. The van der Waals surface area contributed by atoms with Gasteiger partial charge in [-0.15, -0.1) is 0 Å². The Balaban J connectivity index is 2.30. The van der Waals surface area contributed by atoms with Gasteiger partial charge in [-0.3, -0.25) is 0 Å². The van der Waals surface area contributed by atoms with Crippen molar-refractivity contribution in [2.75, 3.05) is 0 Å². The van der Waals surface area contributed by atoms with Gasteiger partial charge in [0.05, 0.1) is 34.4 Å². The highest BCUT2D eigenvalue weighted by Crippen LogP contribution is 2.59. The molecule has 0 spiro atoms. The van der Waals surface area contributed by atoms with Crippen LogP contribution in [0.3, 0.4) is 0 Å². The van der Waals surface area contributed by atoms with E-state index in [0.29, 0.717) is 18.2 Å². The van der Waals surface area contributed by atoms with Gasteiger partial charge in [-0.05, 0) is 11.1 Å². The minimum absolute atomic E-state index is 0.672. The quantitative estimate of drug-likeness (QED) is 0.146. The monoisotopic (exact) mass is 767 g/mol. The third kappa shape index (κ3) is 5.80. The first-order valence-electron chi connectivity index (χ1n) is 13.1. The lowest BCUT2D eigenvalue weighted by atomic mass is 9.88. The van der Waals surface area contributed by atoms with Crippen molar-refractivity contribution in [1.29, 1.82) is 26.3 Å². The minimum Gasteiger partial charge on any atom is -0.206 e.